The van der Waals surface area contributed by atoms with Gasteiger partial charge in [0.2, 0.25) is 11.8 Å². The Morgan fingerprint density at radius 2 is 1.96 bits per heavy atom. The normalized spacial score (nSPS) is 12.2. The van der Waals surface area contributed by atoms with Crippen LogP contribution in [0.2, 0.25) is 5.02 Å². The van der Waals surface area contributed by atoms with Gasteiger partial charge in [-0.3, -0.25) is 9.59 Å². The zero-order chi connectivity index (χ0) is 20.6. The molecule has 3 amide bonds. The molecule has 27 heavy (non-hydrogen) atoms. The van der Waals surface area contributed by atoms with Crippen LogP contribution in [0.25, 0.3) is 0 Å². The van der Waals surface area contributed by atoms with Crippen LogP contribution < -0.4 is 16.4 Å². The lowest BCUT2D eigenvalue weighted by molar-refractivity contribution is -0.124. The van der Waals surface area contributed by atoms with E-state index in [1.807, 2.05) is 24.5 Å². The number of alkyl carbamates (subject to hydrolysis) is 1. The first kappa shape index (κ1) is 23.1. The van der Waals surface area contributed by atoms with Crippen LogP contribution in [-0.4, -0.2) is 35.8 Å². The van der Waals surface area contributed by atoms with Gasteiger partial charge in [-0.25, -0.2) is 4.79 Å². The number of benzene rings is 1. The Bertz CT molecular complexity index is 692. The summed E-state index contributed by atoms with van der Waals surface area (Å²) in [5.41, 5.74) is 5.19. The second kappa shape index (κ2) is 10.4. The van der Waals surface area contributed by atoms with E-state index in [4.69, 9.17) is 22.1 Å². The van der Waals surface area contributed by atoms with Gasteiger partial charge < -0.3 is 21.1 Å². The molecule has 0 aliphatic rings. The van der Waals surface area contributed by atoms with Crippen LogP contribution in [0.4, 0.5) is 4.79 Å². The van der Waals surface area contributed by atoms with Crippen molar-refractivity contribution in [1.82, 2.24) is 10.6 Å². The van der Waals surface area contributed by atoms with Crippen molar-refractivity contribution < 1.29 is 19.1 Å². The van der Waals surface area contributed by atoms with Crippen LogP contribution in [-0.2, 0) is 20.9 Å². The molecular weight excluding hydrogens is 390 g/mol. The first-order valence-electron chi connectivity index (χ1n) is 8.39. The maximum Gasteiger partial charge on any atom is 0.408 e. The number of ether oxygens (including phenoxy) is 1. The minimum absolute atomic E-state index is 0.0446. The Balaban J connectivity index is 2.74. The molecule has 1 rings (SSSR count). The number of hydrogen-bond donors (Lipinski definition) is 3. The lowest BCUT2D eigenvalue weighted by Crippen LogP contribution is -2.48. The van der Waals surface area contributed by atoms with E-state index >= 15 is 0 Å². The van der Waals surface area contributed by atoms with E-state index in [0.29, 0.717) is 5.02 Å². The van der Waals surface area contributed by atoms with E-state index in [1.54, 1.807) is 32.5 Å². The number of carbonyl (C=O) groups is 3. The summed E-state index contributed by atoms with van der Waals surface area (Å²) < 4.78 is 5.16. The Kier molecular flexibility index (Phi) is 8.92. The van der Waals surface area contributed by atoms with Crippen LogP contribution in [0, 0.1) is 0 Å². The number of halogens is 1. The SMILES string of the molecule is CSc1ccc(CNC(=O)C(CCC(N)=O)NC(=O)OC(C)(C)C)c(Cl)c1. The number of nitrogens with two attached hydrogens (primary N) is 1. The summed E-state index contributed by atoms with van der Waals surface area (Å²) in [5, 5.41) is 5.74. The highest BCUT2D eigenvalue weighted by molar-refractivity contribution is 7.98. The van der Waals surface area contributed by atoms with Gasteiger partial charge in [0.05, 0.1) is 0 Å². The maximum absolute atomic E-state index is 12.5. The number of rotatable bonds is 8. The fourth-order valence-electron chi connectivity index (χ4n) is 2.11. The quantitative estimate of drug-likeness (QED) is 0.565. The van der Waals surface area contributed by atoms with Crippen molar-refractivity contribution in [2.24, 2.45) is 5.73 Å². The average molecular weight is 416 g/mol. The van der Waals surface area contributed by atoms with E-state index in [9.17, 15) is 14.4 Å². The van der Waals surface area contributed by atoms with E-state index in [2.05, 4.69) is 10.6 Å². The summed E-state index contributed by atoms with van der Waals surface area (Å²) in [6, 6.07) is 4.60. The molecule has 1 aromatic carbocycles. The third-order valence-corrected chi connectivity index (χ3v) is 4.48. The Labute approximate surface area is 168 Å². The highest BCUT2D eigenvalue weighted by Crippen LogP contribution is 2.23. The number of primary amides is 1. The highest BCUT2D eigenvalue weighted by atomic mass is 35.5. The maximum atomic E-state index is 12.5. The van der Waals surface area contributed by atoms with Crippen molar-refractivity contribution in [3.05, 3.63) is 28.8 Å². The van der Waals surface area contributed by atoms with E-state index in [0.717, 1.165) is 10.5 Å². The number of nitrogens with one attached hydrogen (secondary N) is 2. The number of hydrogen-bond acceptors (Lipinski definition) is 5. The third-order valence-electron chi connectivity index (χ3n) is 3.40. The molecule has 1 aromatic rings. The highest BCUT2D eigenvalue weighted by Gasteiger charge is 2.24. The summed E-state index contributed by atoms with van der Waals surface area (Å²) in [7, 11) is 0. The molecule has 1 unspecified atom stereocenters. The van der Waals surface area contributed by atoms with Gasteiger partial charge in [0, 0.05) is 22.9 Å². The molecule has 0 saturated heterocycles. The van der Waals surface area contributed by atoms with Crippen LogP contribution in [0.1, 0.15) is 39.2 Å². The van der Waals surface area contributed by atoms with Gasteiger partial charge in [-0.05, 0) is 51.1 Å². The van der Waals surface area contributed by atoms with E-state index in [1.165, 1.54) is 0 Å². The van der Waals surface area contributed by atoms with Gasteiger partial charge in [-0.1, -0.05) is 17.7 Å². The van der Waals surface area contributed by atoms with Gasteiger partial charge in [0.1, 0.15) is 11.6 Å². The lowest BCUT2D eigenvalue weighted by Gasteiger charge is -2.23. The monoisotopic (exact) mass is 415 g/mol. The molecule has 0 aromatic heterocycles. The van der Waals surface area contributed by atoms with Gasteiger partial charge in [-0.15, -0.1) is 11.8 Å². The molecule has 150 valence electrons. The first-order valence-corrected chi connectivity index (χ1v) is 10.00. The molecule has 0 aliphatic heterocycles. The lowest BCUT2D eigenvalue weighted by atomic mass is 10.1. The summed E-state index contributed by atoms with van der Waals surface area (Å²) in [6.45, 7) is 5.33. The Morgan fingerprint density at radius 1 is 1.30 bits per heavy atom. The summed E-state index contributed by atoms with van der Waals surface area (Å²) in [5.74, 6) is -1.01. The molecule has 0 saturated carbocycles. The molecule has 0 spiro atoms. The molecule has 0 aliphatic carbocycles. The van der Waals surface area contributed by atoms with Gasteiger partial charge >= 0.3 is 6.09 Å². The topological polar surface area (TPSA) is 111 Å². The minimum Gasteiger partial charge on any atom is -0.444 e. The predicted octanol–water partition coefficient (Wildman–Crippen LogP) is 2.84. The van der Waals surface area contributed by atoms with Crippen molar-refractivity contribution in [2.45, 2.75) is 56.7 Å². The van der Waals surface area contributed by atoms with Crippen molar-refractivity contribution in [3.8, 4) is 0 Å². The van der Waals surface area contributed by atoms with Crippen molar-refractivity contribution in [2.75, 3.05) is 6.26 Å². The molecule has 0 bridgehead atoms. The molecule has 0 heterocycles. The smallest absolute Gasteiger partial charge is 0.408 e. The van der Waals surface area contributed by atoms with Gasteiger partial charge in [0.25, 0.3) is 0 Å². The van der Waals surface area contributed by atoms with Crippen LogP contribution in [0.3, 0.4) is 0 Å². The standard InChI is InChI=1S/C18H26ClN3O4S/c1-18(2,3)26-17(25)22-14(7-8-15(20)23)16(24)21-10-11-5-6-12(27-4)9-13(11)19/h5-6,9,14H,7-8,10H2,1-4H3,(H2,20,23)(H,21,24)(H,22,25). The third kappa shape index (κ3) is 9.01. The predicted molar refractivity (Wildman–Crippen MR) is 107 cm³/mol. The number of thioether (sulfide) groups is 1. The van der Waals surface area contributed by atoms with E-state index < -0.39 is 29.6 Å². The molecule has 0 fully saturated rings. The zero-order valence-corrected chi connectivity index (χ0v) is 17.5. The second-order valence-corrected chi connectivity index (χ2v) is 8.17. The molecule has 9 heteroatoms. The first-order chi connectivity index (χ1) is 12.5. The summed E-state index contributed by atoms with van der Waals surface area (Å²) in [6.07, 6.45) is 1.23. The summed E-state index contributed by atoms with van der Waals surface area (Å²) >= 11 is 7.78. The molecule has 7 nitrogen and oxygen atoms in total. The largest absolute Gasteiger partial charge is 0.444 e. The van der Waals surface area contributed by atoms with Gasteiger partial charge in [-0.2, -0.15) is 0 Å². The Hall–Kier alpha value is -1.93. The van der Waals surface area contributed by atoms with Crippen molar-refractivity contribution >= 4 is 41.3 Å². The van der Waals surface area contributed by atoms with Crippen molar-refractivity contribution in [3.63, 3.8) is 0 Å². The zero-order valence-electron chi connectivity index (χ0n) is 15.9. The molecular formula is C18H26ClN3O4S. The van der Waals surface area contributed by atoms with Crippen LogP contribution in [0.15, 0.2) is 23.1 Å². The van der Waals surface area contributed by atoms with E-state index in [-0.39, 0.29) is 19.4 Å². The fraction of sp³-hybridized carbons (Fsp3) is 0.500. The minimum atomic E-state index is -0.948. The fourth-order valence-corrected chi connectivity index (χ4v) is 2.86. The van der Waals surface area contributed by atoms with Crippen molar-refractivity contribution in [1.29, 1.82) is 0 Å². The van der Waals surface area contributed by atoms with Gasteiger partial charge in [0.15, 0.2) is 0 Å². The molecule has 0 radical (unpaired) electrons. The Morgan fingerprint density at radius 3 is 2.48 bits per heavy atom. The molecule has 1 atom stereocenters. The molecule has 4 N–H and O–H groups in total. The number of amides is 3. The summed E-state index contributed by atoms with van der Waals surface area (Å²) in [4.78, 5) is 36.5. The van der Waals surface area contributed by atoms with Crippen LogP contribution in [0.5, 0.6) is 0 Å². The number of carbonyl (C=O) groups excluding carboxylic acids is 3. The second-order valence-electron chi connectivity index (χ2n) is 6.88. The van der Waals surface area contributed by atoms with Crippen LogP contribution >= 0.6 is 23.4 Å². The average Bonchev–Trinajstić information content (AvgIpc) is 2.55.